The van der Waals surface area contributed by atoms with Gasteiger partial charge in [0.1, 0.15) is 0 Å². The van der Waals surface area contributed by atoms with Gasteiger partial charge in [0.05, 0.1) is 12.3 Å². The van der Waals surface area contributed by atoms with Gasteiger partial charge >= 0.3 is 0 Å². The van der Waals surface area contributed by atoms with E-state index in [1.807, 2.05) is 59.5 Å². The highest BCUT2D eigenvalue weighted by Gasteiger charge is 2.28. The minimum Gasteiger partial charge on any atom is -0.342 e. The summed E-state index contributed by atoms with van der Waals surface area (Å²) in [6, 6.07) is 17.7. The normalized spacial score (nSPS) is 16.6. The van der Waals surface area contributed by atoms with E-state index >= 15 is 0 Å². The highest BCUT2D eigenvalue weighted by Crippen LogP contribution is 2.20. The van der Waals surface area contributed by atoms with Crippen LogP contribution in [0.2, 0.25) is 0 Å². The molecule has 1 heterocycles. The molecule has 0 radical (unpaired) electrons. The number of piperidine rings is 1. The number of nitrogens with zero attached hydrogens (tertiary/aromatic N) is 1. The second kappa shape index (κ2) is 10.0. The minimum atomic E-state index is -0.161. The van der Waals surface area contributed by atoms with E-state index in [9.17, 15) is 9.59 Å². The molecule has 1 unspecified atom stereocenters. The molecule has 148 valence electrons. The lowest BCUT2D eigenvalue weighted by Gasteiger charge is -2.32. The smallest absolute Gasteiger partial charge is 0.229 e. The largest absolute Gasteiger partial charge is 0.342 e. The molecule has 0 saturated carbocycles. The molecule has 0 spiro atoms. The monoisotopic (exact) mass is 379 g/mol. The number of amides is 2. The first-order valence-electron chi connectivity index (χ1n) is 10.1. The predicted octanol–water partition coefficient (Wildman–Crippen LogP) is 3.22. The topological polar surface area (TPSA) is 61.4 Å². The summed E-state index contributed by atoms with van der Waals surface area (Å²) in [6.45, 7) is 4.98. The zero-order valence-electron chi connectivity index (χ0n) is 16.5. The minimum absolute atomic E-state index is 0.00203. The molecule has 1 saturated heterocycles. The first-order valence-corrected chi connectivity index (χ1v) is 10.1. The number of rotatable bonds is 7. The summed E-state index contributed by atoms with van der Waals surface area (Å²) in [7, 11) is 0. The van der Waals surface area contributed by atoms with Crippen LogP contribution in [0.1, 0.15) is 30.9 Å². The van der Waals surface area contributed by atoms with E-state index in [4.69, 9.17) is 0 Å². The van der Waals surface area contributed by atoms with Crippen LogP contribution in [-0.4, -0.2) is 36.3 Å². The van der Waals surface area contributed by atoms with Crippen molar-refractivity contribution in [3.05, 3.63) is 65.7 Å². The van der Waals surface area contributed by atoms with Crippen molar-refractivity contribution < 1.29 is 9.59 Å². The first kappa shape index (κ1) is 20.1. The maximum absolute atomic E-state index is 12.8. The lowest BCUT2D eigenvalue weighted by Crippen LogP contribution is -2.44. The maximum atomic E-state index is 12.8. The number of benzene rings is 2. The molecule has 1 aliphatic rings. The van der Waals surface area contributed by atoms with Gasteiger partial charge in [0.2, 0.25) is 11.8 Å². The molecule has 2 amide bonds. The predicted molar refractivity (Wildman–Crippen MR) is 112 cm³/mol. The molecular formula is C23H29N3O2. The van der Waals surface area contributed by atoms with Crippen molar-refractivity contribution >= 4 is 17.5 Å². The standard InChI is InChI=1S/C23H29N3O2/c1-2-24-16-19-10-6-12-21(14-19)25-23(28)20-11-7-13-26(17-20)22(27)15-18-8-4-3-5-9-18/h3-6,8-10,12,14,20,24H,2,7,11,13,15-17H2,1H3,(H,25,28). The van der Waals surface area contributed by atoms with Crippen molar-refractivity contribution in [3.63, 3.8) is 0 Å². The van der Waals surface area contributed by atoms with Crippen LogP contribution in [0.15, 0.2) is 54.6 Å². The quantitative estimate of drug-likeness (QED) is 0.777. The average molecular weight is 380 g/mol. The van der Waals surface area contributed by atoms with Gasteiger partial charge in [-0.25, -0.2) is 0 Å². The summed E-state index contributed by atoms with van der Waals surface area (Å²) in [5, 5.41) is 6.32. The Morgan fingerprint density at radius 3 is 2.64 bits per heavy atom. The van der Waals surface area contributed by atoms with Crippen LogP contribution in [0, 0.1) is 5.92 Å². The van der Waals surface area contributed by atoms with Gasteiger partial charge in [-0.15, -0.1) is 0 Å². The molecule has 28 heavy (non-hydrogen) atoms. The Balaban J connectivity index is 1.56. The number of likely N-dealkylation sites (tertiary alicyclic amines) is 1. The highest BCUT2D eigenvalue weighted by molar-refractivity contribution is 5.93. The molecule has 2 N–H and O–H groups in total. The van der Waals surface area contributed by atoms with Crippen molar-refractivity contribution in [3.8, 4) is 0 Å². The van der Waals surface area contributed by atoms with E-state index in [2.05, 4.69) is 17.6 Å². The van der Waals surface area contributed by atoms with Crippen LogP contribution in [0.25, 0.3) is 0 Å². The summed E-state index contributed by atoms with van der Waals surface area (Å²) in [6.07, 6.45) is 2.07. The van der Waals surface area contributed by atoms with Crippen LogP contribution in [0.5, 0.6) is 0 Å². The van der Waals surface area contributed by atoms with E-state index in [1.165, 1.54) is 0 Å². The molecule has 5 nitrogen and oxygen atoms in total. The van der Waals surface area contributed by atoms with Crippen molar-refractivity contribution in [1.29, 1.82) is 0 Å². The lowest BCUT2D eigenvalue weighted by molar-refractivity contribution is -0.133. The third-order valence-corrected chi connectivity index (χ3v) is 5.12. The van der Waals surface area contributed by atoms with E-state index in [0.29, 0.717) is 13.0 Å². The number of anilines is 1. The van der Waals surface area contributed by atoms with Crippen LogP contribution in [0.4, 0.5) is 5.69 Å². The van der Waals surface area contributed by atoms with Crippen LogP contribution < -0.4 is 10.6 Å². The van der Waals surface area contributed by atoms with Crippen molar-refractivity contribution in [2.45, 2.75) is 32.7 Å². The second-order valence-electron chi connectivity index (χ2n) is 7.31. The molecule has 5 heteroatoms. The lowest BCUT2D eigenvalue weighted by atomic mass is 9.96. The fourth-order valence-corrected chi connectivity index (χ4v) is 3.57. The van der Waals surface area contributed by atoms with Crippen LogP contribution >= 0.6 is 0 Å². The number of hydrogen-bond acceptors (Lipinski definition) is 3. The van der Waals surface area contributed by atoms with Gasteiger partial charge in [0.15, 0.2) is 0 Å². The molecule has 0 bridgehead atoms. The molecule has 0 aromatic heterocycles. The molecule has 3 rings (SSSR count). The van der Waals surface area contributed by atoms with Crippen molar-refractivity contribution in [1.82, 2.24) is 10.2 Å². The first-order chi connectivity index (χ1) is 13.7. The SMILES string of the molecule is CCNCc1cccc(NC(=O)C2CCCN(C(=O)Cc3ccccc3)C2)c1. The zero-order chi connectivity index (χ0) is 19.8. The van der Waals surface area contributed by atoms with Crippen LogP contribution in [0.3, 0.4) is 0 Å². The molecule has 1 fully saturated rings. The molecule has 2 aromatic carbocycles. The van der Waals surface area contributed by atoms with Crippen molar-refractivity contribution in [2.24, 2.45) is 5.92 Å². The summed E-state index contributed by atoms with van der Waals surface area (Å²) in [5.41, 5.74) is 2.97. The fraction of sp³-hybridized carbons (Fsp3) is 0.391. The van der Waals surface area contributed by atoms with Gasteiger partial charge in [-0.2, -0.15) is 0 Å². The van der Waals surface area contributed by atoms with Gasteiger partial charge in [0, 0.05) is 25.3 Å². The number of nitrogens with one attached hydrogen (secondary N) is 2. The Bertz CT molecular complexity index is 791. The second-order valence-corrected chi connectivity index (χ2v) is 7.31. The van der Waals surface area contributed by atoms with E-state index in [1.54, 1.807) is 0 Å². The maximum Gasteiger partial charge on any atom is 0.229 e. The third kappa shape index (κ3) is 5.67. The summed E-state index contributed by atoms with van der Waals surface area (Å²) in [4.78, 5) is 27.2. The molecule has 2 aromatic rings. The Kier molecular flexibility index (Phi) is 7.20. The Morgan fingerprint density at radius 1 is 1.07 bits per heavy atom. The number of carbonyl (C=O) groups excluding carboxylic acids is 2. The van der Waals surface area contributed by atoms with Gasteiger partial charge in [-0.3, -0.25) is 9.59 Å². The zero-order valence-corrected chi connectivity index (χ0v) is 16.5. The highest BCUT2D eigenvalue weighted by atomic mass is 16.2. The Morgan fingerprint density at radius 2 is 1.86 bits per heavy atom. The molecule has 1 atom stereocenters. The van der Waals surface area contributed by atoms with E-state index < -0.39 is 0 Å². The Hall–Kier alpha value is -2.66. The van der Waals surface area contributed by atoms with E-state index in [0.717, 1.165) is 49.3 Å². The molecule has 1 aliphatic heterocycles. The summed E-state index contributed by atoms with van der Waals surface area (Å²) < 4.78 is 0. The number of hydrogen-bond donors (Lipinski definition) is 2. The number of carbonyl (C=O) groups is 2. The van der Waals surface area contributed by atoms with E-state index in [-0.39, 0.29) is 17.7 Å². The fourth-order valence-electron chi connectivity index (χ4n) is 3.57. The summed E-state index contributed by atoms with van der Waals surface area (Å²) >= 11 is 0. The molecular weight excluding hydrogens is 350 g/mol. The summed E-state index contributed by atoms with van der Waals surface area (Å²) in [5.74, 6) is -0.0694. The van der Waals surface area contributed by atoms with Gasteiger partial charge in [0.25, 0.3) is 0 Å². The van der Waals surface area contributed by atoms with Gasteiger partial charge in [-0.05, 0) is 42.6 Å². The van der Waals surface area contributed by atoms with Crippen molar-refractivity contribution in [2.75, 3.05) is 25.0 Å². The third-order valence-electron chi connectivity index (χ3n) is 5.12. The van der Waals surface area contributed by atoms with Gasteiger partial charge in [-0.1, -0.05) is 49.4 Å². The van der Waals surface area contributed by atoms with Gasteiger partial charge < -0.3 is 15.5 Å². The molecule has 0 aliphatic carbocycles. The average Bonchev–Trinajstić information content (AvgIpc) is 2.73. The van der Waals surface area contributed by atoms with Crippen LogP contribution in [-0.2, 0) is 22.6 Å². The Labute approximate surface area is 167 Å².